The van der Waals surface area contributed by atoms with Crippen LogP contribution in [-0.4, -0.2) is 69.5 Å². The van der Waals surface area contributed by atoms with Gasteiger partial charge in [0.05, 0.1) is 25.2 Å². The van der Waals surface area contributed by atoms with E-state index in [4.69, 9.17) is 4.74 Å². The first-order valence-electron chi connectivity index (χ1n) is 10.7. The van der Waals surface area contributed by atoms with Crippen molar-refractivity contribution >= 4 is 27.3 Å². The second-order valence-corrected chi connectivity index (χ2v) is 11.1. The van der Waals surface area contributed by atoms with E-state index < -0.39 is 10.0 Å². The Balaban J connectivity index is 1.45. The highest BCUT2D eigenvalue weighted by molar-refractivity contribution is 7.91. The monoisotopic (exact) mass is 463 g/mol. The summed E-state index contributed by atoms with van der Waals surface area (Å²) in [6.07, 6.45) is 1.38. The van der Waals surface area contributed by atoms with Gasteiger partial charge < -0.3 is 10.1 Å². The molecular weight excluding hydrogens is 434 g/mol. The Kier molecular flexibility index (Phi) is 7.39. The summed E-state index contributed by atoms with van der Waals surface area (Å²) in [7, 11) is -3.54. The lowest BCUT2D eigenvalue weighted by Crippen LogP contribution is -2.48. The number of sulfonamides is 1. The molecular formula is C22H29N3O4S2. The van der Waals surface area contributed by atoms with Gasteiger partial charge in [-0.25, -0.2) is 8.42 Å². The van der Waals surface area contributed by atoms with Crippen molar-refractivity contribution in [2.75, 3.05) is 45.9 Å². The molecule has 4 rings (SSSR count). The van der Waals surface area contributed by atoms with Gasteiger partial charge in [-0.3, -0.25) is 9.69 Å². The number of thiophene rings is 1. The number of rotatable bonds is 7. The van der Waals surface area contributed by atoms with Crippen LogP contribution in [0.4, 0.5) is 0 Å². The number of nitrogens with one attached hydrogen (secondary N) is 1. The Labute approximate surface area is 188 Å². The Hall–Kier alpha value is -1.78. The molecule has 1 amide bonds. The minimum atomic E-state index is -3.54. The molecule has 1 N–H and O–H groups in total. The highest BCUT2D eigenvalue weighted by atomic mass is 32.2. The van der Waals surface area contributed by atoms with Crippen molar-refractivity contribution in [2.24, 2.45) is 5.92 Å². The Morgan fingerprint density at radius 1 is 1.13 bits per heavy atom. The van der Waals surface area contributed by atoms with Crippen molar-refractivity contribution in [3.63, 3.8) is 0 Å². The maximum absolute atomic E-state index is 13.2. The van der Waals surface area contributed by atoms with Crippen molar-refractivity contribution in [1.29, 1.82) is 0 Å². The lowest BCUT2D eigenvalue weighted by atomic mass is 9.97. The predicted octanol–water partition coefficient (Wildman–Crippen LogP) is 2.34. The zero-order valence-corrected chi connectivity index (χ0v) is 19.1. The highest BCUT2D eigenvalue weighted by Crippen LogP contribution is 2.27. The summed E-state index contributed by atoms with van der Waals surface area (Å²) in [5.74, 6) is -0.424. The molecule has 1 aromatic heterocycles. The normalized spacial score (nSPS) is 22.1. The summed E-state index contributed by atoms with van der Waals surface area (Å²) in [5.41, 5.74) is 1.06. The van der Waals surface area contributed by atoms with E-state index in [0.29, 0.717) is 43.4 Å². The topological polar surface area (TPSA) is 79.0 Å². The molecule has 0 radical (unpaired) electrons. The summed E-state index contributed by atoms with van der Waals surface area (Å²) in [4.78, 5) is 15.5. The molecule has 2 atom stereocenters. The second kappa shape index (κ2) is 10.2. The molecule has 9 heteroatoms. The maximum atomic E-state index is 13.2. The fourth-order valence-corrected chi connectivity index (χ4v) is 6.83. The van der Waals surface area contributed by atoms with Crippen molar-refractivity contribution in [3.05, 3.63) is 53.4 Å². The van der Waals surface area contributed by atoms with E-state index in [1.54, 1.807) is 17.5 Å². The summed E-state index contributed by atoms with van der Waals surface area (Å²) >= 11 is 1.21. The molecule has 0 saturated carbocycles. The minimum absolute atomic E-state index is 0.0757. The molecule has 2 fully saturated rings. The average Bonchev–Trinajstić information content (AvgIpc) is 3.36. The van der Waals surface area contributed by atoms with Crippen molar-refractivity contribution in [1.82, 2.24) is 14.5 Å². The van der Waals surface area contributed by atoms with E-state index in [1.807, 2.05) is 30.3 Å². The molecule has 2 saturated heterocycles. The molecule has 2 aliphatic rings. The number of carbonyl (C=O) groups excluding carboxylic acids is 1. The van der Waals surface area contributed by atoms with E-state index in [1.165, 1.54) is 15.6 Å². The van der Waals surface area contributed by atoms with Crippen LogP contribution in [0, 0.1) is 5.92 Å². The van der Waals surface area contributed by atoms with Crippen LogP contribution in [0.1, 0.15) is 24.4 Å². The number of hydrogen-bond acceptors (Lipinski definition) is 6. The first-order chi connectivity index (χ1) is 15.0. The quantitative estimate of drug-likeness (QED) is 0.682. The Morgan fingerprint density at radius 3 is 2.61 bits per heavy atom. The standard InChI is InChI=1S/C22H29N3O4S2/c26-22(19-8-4-10-25(16-19)31(27,28)21-9-5-15-30-21)23-20(18-6-2-1-3-7-18)17-24-11-13-29-14-12-24/h1-3,5-7,9,15,19-20H,4,8,10-14,16-17H2,(H,23,26)/t19-,20+/m0/s1. The van der Waals surface area contributed by atoms with Gasteiger partial charge in [0.1, 0.15) is 4.21 Å². The first kappa shape index (κ1) is 22.4. The summed E-state index contributed by atoms with van der Waals surface area (Å²) in [6, 6.07) is 13.2. The molecule has 0 bridgehead atoms. The zero-order valence-electron chi connectivity index (χ0n) is 17.5. The smallest absolute Gasteiger partial charge is 0.252 e. The minimum Gasteiger partial charge on any atom is -0.379 e. The van der Waals surface area contributed by atoms with Crippen molar-refractivity contribution < 1.29 is 17.9 Å². The fourth-order valence-electron chi connectivity index (χ4n) is 4.16. The Bertz CT molecular complexity index is 944. The van der Waals surface area contributed by atoms with Gasteiger partial charge in [-0.05, 0) is 29.9 Å². The highest BCUT2D eigenvalue weighted by Gasteiger charge is 2.34. The number of amides is 1. The third-order valence-corrected chi connectivity index (χ3v) is 9.15. The van der Waals surface area contributed by atoms with Gasteiger partial charge in [0, 0.05) is 32.7 Å². The first-order valence-corrected chi connectivity index (χ1v) is 13.0. The number of hydrogen-bond donors (Lipinski definition) is 1. The second-order valence-electron chi connectivity index (χ2n) is 8.02. The van der Waals surface area contributed by atoms with Gasteiger partial charge >= 0.3 is 0 Å². The number of ether oxygens (including phenoxy) is 1. The van der Waals surface area contributed by atoms with Crippen LogP contribution in [0.15, 0.2) is 52.1 Å². The third-order valence-electron chi connectivity index (χ3n) is 5.91. The molecule has 0 spiro atoms. The van der Waals surface area contributed by atoms with Crippen LogP contribution in [0.25, 0.3) is 0 Å². The van der Waals surface area contributed by atoms with Crippen LogP contribution < -0.4 is 5.32 Å². The molecule has 2 aromatic rings. The lowest BCUT2D eigenvalue weighted by Gasteiger charge is -2.34. The van der Waals surface area contributed by atoms with Gasteiger partial charge in [-0.1, -0.05) is 36.4 Å². The van der Waals surface area contributed by atoms with Crippen molar-refractivity contribution in [2.45, 2.75) is 23.1 Å². The number of benzene rings is 1. The molecule has 3 heterocycles. The lowest BCUT2D eigenvalue weighted by molar-refractivity contribution is -0.127. The van der Waals surface area contributed by atoms with Gasteiger partial charge in [0.15, 0.2) is 0 Å². The molecule has 7 nitrogen and oxygen atoms in total. The van der Waals surface area contributed by atoms with E-state index in [-0.39, 0.29) is 24.4 Å². The molecule has 31 heavy (non-hydrogen) atoms. The molecule has 0 aliphatic carbocycles. The molecule has 1 aromatic carbocycles. The van der Waals surface area contributed by atoms with Gasteiger partial charge in [-0.15, -0.1) is 11.3 Å². The Morgan fingerprint density at radius 2 is 1.90 bits per heavy atom. The van der Waals surface area contributed by atoms with E-state index in [0.717, 1.165) is 18.7 Å². The molecule has 168 valence electrons. The molecule has 0 unspecified atom stereocenters. The zero-order chi connectivity index (χ0) is 21.7. The SMILES string of the molecule is O=C(N[C@H](CN1CCOCC1)c1ccccc1)[C@H]1CCCN(S(=O)(=O)c2cccs2)C1. The summed E-state index contributed by atoms with van der Waals surface area (Å²) in [6.45, 7) is 4.49. The van der Waals surface area contributed by atoms with Gasteiger partial charge in [-0.2, -0.15) is 4.31 Å². The average molecular weight is 464 g/mol. The van der Waals surface area contributed by atoms with Crippen LogP contribution in [0.5, 0.6) is 0 Å². The van der Waals surface area contributed by atoms with Crippen LogP contribution in [0.3, 0.4) is 0 Å². The fraction of sp³-hybridized carbons (Fsp3) is 0.500. The van der Waals surface area contributed by atoms with Crippen LogP contribution in [0.2, 0.25) is 0 Å². The summed E-state index contributed by atoms with van der Waals surface area (Å²) < 4.78 is 33.1. The largest absolute Gasteiger partial charge is 0.379 e. The van der Waals surface area contributed by atoms with Crippen LogP contribution in [-0.2, 0) is 19.6 Å². The maximum Gasteiger partial charge on any atom is 0.252 e. The number of nitrogens with zero attached hydrogens (tertiary/aromatic N) is 2. The number of piperidine rings is 1. The van der Waals surface area contributed by atoms with Crippen molar-refractivity contribution in [3.8, 4) is 0 Å². The van der Waals surface area contributed by atoms with Crippen LogP contribution >= 0.6 is 11.3 Å². The third kappa shape index (κ3) is 5.53. The van der Waals surface area contributed by atoms with E-state index >= 15 is 0 Å². The van der Waals surface area contributed by atoms with E-state index in [2.05, 4.69) is 10.2 Å². The van der Waals surface area contributed by atoms with Gasteiger partial charge in [0.25, 0.3) is 10.0 Å². The molecule has 2 aliphatic heterocycles. The van der Waals surface area contributed by atoms with E-state index in [9.17, 15) is 13.2 Å². The summed E-state index contributed by atoms with van der Waals surface area (Å²) in [5, 5.41) is 4.98. The number of morpholine rings is 1. The van der Waals surface area contributed by atoms with Gasteiger partial charge in [0.2, 0.25) is 5.91 Å². The number of carbonyl (C=O) groups is 1. The predicted molar refractivity (Wildman–Crippen MR) is 120 cm³/mol.